The molecule has 0 unspecified atom stereocenters. The molecule has 0 N–H and O–H groups in total. The number of sulfonamides is 1. The van der Waals surface area contributed by atoms with Crippen LogP contribution in [0.4, 0.5) is 0 Å². The van der Waals surface area contributed by atoms with Crippen LogP contribution in [0.15, 0.2) is 0 Å². The van der Waals surface area contributed by atoms with E-state index >= 15 is 0 Å². The van der Waals surface area contributed by atoms with Crippen LogP contribution in [0.2, 0.25) is 0 Å². The van der Waals surface area contributed by atoms with Crippen molar-refractivity contribution in [3.63, 3.8) is 0 Å². The molecule has 1 heterocycles. The first-order valence-electron chi connectivity index (χ1n) is 5.54. The minimum absolute atomic E-state index is 0.330. The highest BCUT2D eigenvalue weighted by molar-refractivity contribution is 7.89. The monoisotopic (exact) mass is 219 g/mol. The molecule has 0 aromatic carbocycles. The zero-order valence-corrected chi connectivity index (χ0v) is 10.0. The third-order valence-corrected chi connectivity index (χ3v) is 4.69. The number of piperidine rings is 1. The number of rotatable bonds is 4. The van der Waals surface area contributed by atoms with Crippen molar-refractivity contribution in [1.29, 1.82) is 0 Å². The Kier molecular flexibility index (Phi) is 4.38. The van der Waals surface area contributed by atoms with E-state index in [1.807, 2.05) is 6.92 Å². The van der Waals surface area contributed by atoms with Crippen LogP contribution in [0.3, 0.4) is 0 Å². The summed E-state index contributed by atoms with van der Waals surface area (Å²) in [6, 6.07) is 0. The van der Waals surface area contributed by atoms with E-state index in [1.54, 1.807) is 4.31 Å². The van der Waals surface area contributed by atoms with Gasteiger partial charge >= 0.3 is 0 Å². The van der Waals surface area contributed by atoms with Crippen LogP contribution < -0.4 is 0 Å². The van der Waals surface area contributed by atoms with Crippen molar-refractivity contribution in [1.82, 2.24) is 4.31 Å². The maximum Gasteiger partial charge on any atom is 0.214 e. The third-order valence-electron chi connectivity index (χ3n) is 2.77. The molecule has 84 valence electrons. The van der Waals surface area contributed by atoms with Crippen LogP contribution in [0.5, 0.6) is 0 Å². The zero-order valence-electron chi connectivity index (χ0n) is 9.20. The Morgan fingerprint density at radius 2 is 2.14 bits per heavy atom. The van der Waals surface area contributed by atoms with Crippen molar-refractivity contribution < 1.29 is 8.42 Å². The van der Waals surface area contributed by atoms with Crippen LogP contribution in [-0.2, 0) is 10.0 Å². The second-order valence-corrected chi connectivity index (χ2v) is 6.36. The van der Waals surface area contributed by atoms with E-state index in [1.165, 1.54) is 6.42 Å². The average molecular weight is 219 g/mol. The van der Waals surface area contributed by atoms with E-state index in [0.717, 1.165) is 32.4 Å². The molecule has 0 aromatic heterocycles. The van der Waals surface area contributed by atoms with Crippen molar-refractivity contribution in [2.24, 2.45) is 5.92 Å². The Morgan fingerprint density at radius 3 is 2.71 bits per heavy atom. The largest absolute Gasteiger partial charge is 0.214 e. The normalized spacial score (nSPS) is 25.1. The van der Waals surface area contributed by atoms with E-state index in [-0.39, 0.29) is 0 Å². The molecule has 0 spiro atoms. The molecule has 0 saturated carbocycles. The molecule has 4 heteroatoms. The summed E-state index contributed by atoms with van der Waals surface area (Å²) in [5.74, 6) is 0.858. The highest BCUT2D eigenvalue weighted by atomic mass is 32.2. The van der Waals surface area contributed by atoms with Gasteiger partial charge in [-0.15, -0.1) is 0 Å². The Hall–Kier alpha value is -0.0900. The summed E-state index contributed by atoms with van der Waals surface area (Å²) in [5.41, 5.74) is 0. The van der Waals surface area contributed by atoms with Gasteiger partial charge < -0.3 is 0 Å². The lowest BCUT2D eigenvalue weighted by molar-refractivity contribution is 0.281. The minimum atomic E-state index is -2.95. The molecule has 0 aliphatic carbocycles. The number of hydrogen-bond donors (Lipinski definition) is 0. The third kappa shape index (κ3) is 3.24. The number of hydrogen-bond acceptors (Lipinski definition) is 2. The maximum absolute atomic E-state index is 11.8. The highest BCUT2D eigenvalue weighted by Gasteiger charge is 2.26. The zero-order chi connectivity index (χ0) is 10.6. The van der Waals surface area contributed by atoms with Crippen molar-refractivity contribution >= 4 is 10.0 Å². The number of nitrogens with zero attached hydrogens (tertiary/aromatic N) is 1. The molecule has 1 fully saturated rings. The molecule has 1 aliphatic heterocycles. The Bertz CT molecular complexity index is 261. The summed E-state index contributed by atoms with van der Waals surface area (Å²) in [7, 11) is -2.95. The smallest absolute Gasteiger partial charge is 0.212 e. The van der Waals surface area contributed by atoms with Gasteiger partial charge in [-0.2, -0.15) is 0 Å². The van der Waals surface area contributed by atoms with Crippen LogP contribution in [0.1, 0.15) is 39.5 Å². The van der Waals surface area contributed by atoms with Gasteiger partial charge in [0.15, 0.2) is 0 Å². The Morgan fingerprint density at radius 1 is 1.43 bits per heavy atom. The summed E-state index contributed by atoms with van der Waals surface area (Å²) in [4.78, 5) is 0. The van der Waals surface area contributed by atoms with E-state index in [0.29, 0.717) is 11.7 Å². The molecule has 1 saturated heterocycles. The second-order valence-electron chi connectivity index (χ2n) is 4.27. The van der Waals surface area contributed by atoms with Crippen molar-refractivity contribution in [2.75, 3.05) is 18.8 Å². The molecule has 3 nitrogen and oxygen atoms in total. The standard InChI is InChI=1S/C10H21NO2S/c1-3-4-8-14(12,13)11-7-5-6-10(2)9-11/h10H,3-9H2,1-2H3/t10-/m0/s1. The molecule has 0 amide bonds. The summed E-state index contributed by atoms with van der Waals surface area (Å²) in [5, 5.41) is 0. The summed E-state index contributed by atoms with van der Waals surface area (Å²) < 4.78 is 25.3. The lowest BCUT2D eigenvalue weighted by Crippen LogP contribution is -2.40. The Balaban J connectivity index is 2.53. The van der Waals surface area contributed by atoms with Crippen molar-refractivity contribution in [3.8, 4) is 0 Å². The highest BCUT2D eigenvalue weighted by Crippen LogP contribution is 2.19. The topological polar surface area (TPSA) is 37.4 Å². The lowest BCUT2D eigenvalue weighted by Gasteiger charge is -2.29. The van der Waals surface area contributed by atoms with Crippen LogP contribution in [0, 0.1) is 5.92 Å². The van der Waals surface area contributed by atoms with Crippen LogP contribution in [0.25, 0.3) is 0 Å². The van der Waals surface area contributed by atoms with Gasteiger partial charge in [0.25, 0.3) is 0 Å². The Labute approximate surface area is 87.5 Å². The van der Waals surface area contributed by atoms with E-state index in [9.17, 15) is 8.42 Å². The summed E-state index contributed by atoms with van der Waals surface area (Å²) in [6.45, 7) is 5.61. The van der Waals surface area contributed by atoms with Gasteiger partial charge in [0.1, 0.15) is 0 Å². The maximum atomic E-state index is 11.8. The van der Waals surface area contributed by atoms with Crippen molar-refractivity contribution in [2.45, 2.75) is 39.5 Å². The van der Waals surface area contributed by atoms with Gasteiger partial charge in [-0.3, -0.25) is 0 Å². The predicted octanol–water partition coefficient (Wildman–Crippen LogP) is 1.85. The SMILES string of the molecule is CCCCS(=O)(=O)N1CCC[C@H](C)C1. The first-order valence-corrected chi connectivity index (χ1v) is 7.15. The fourth-order valence-corrected chi connectivity index (χ4v) is 3.66. The quantitative estimate of drug-likeness (QED) is 0.723. The molecular formula is C10H21NO2S. The van der Waals surface area contributed by atoms with Gasteiger partial charge in [0, 0.05) is 13.1 Å². The van der Waals surface area contributed by atoms with Gasteiger partial charge in [0.2, 0.25) is 10.0 Å². The van der Waals surface area contributed by atoms with Gasteiger partial charge in [-0.05, 0) is 25.2 Å². The summed E-state index contributed by atoms with van der Waals surface area (Å²) >= 11 is 0. The summed E-state index contributed by atoms with van der Waals surface area (Å²) in [6.07, 6.45) is 3.92. The fraction of sp³-hybridized carbons (Fsp3) is 1.00. The first-order chi connectivity index (χ1) is 6.56. The van der Waals surface area contributed by atoms with E-state index < -0.39 is 10.0 Å². The van der Waals surface area contributed by atoms with Gasteiger partial charge in [-0.25, -0.2) is 12.7 Å². The lowest BCUT2D eigenvalue weighted by atomic mass is 10.0. The van der Waals surface area contributed by atoms with Gasteiger partial charge in [-0.1, -0.05) is 20.3 Å². The van der Waals surface area contributed by atoms with E-state index in [2.05, 4.69) is 6.92 Å². The average Bonchev–Trinajstić information content (AvgIpc) is 2.15. The van der Waals surface area contributed by atoms with E-state index in [4.69, 9.17) is 0 Å². The minimum Gasteiger partial charge on any atom is -0.212 e. The fourth-order valence-electron chi connectivity index (χ4n) is 1.85. The van der Waals surface area contributed by atoms with Gasteiger partial charge in [0.05, 0.1) is 5.75 Å². The first kappa shape index (κ1) is 12.0. The molecule has 0 radical (unpaired) electrons. The molecule has 14 heavy (non-hydrogen) atoms. The van der Waals surface area contributed by atoms with Crippen LogP contribution in [-0.4, -0.2) is 31.6 Å². The molecule has 0 bridgehead atoms. The molecule has 1 atom stereocenters. The second kappa shape index (κ2) is 5.12. The van der Waals surface area contributed by atoms with Crippen molar-refractivity contribution in [3.05, 3.63) is 0 Å². The molecule has 1 aliphatic rings. The molecular weight excluding hydrogens is 198 g/mol. The number of unbranched alkanes of at least 4 members (excludes halogenated alkanes) is 1. The molecule has 0 aromatic rings. The predicted molar refractivity (Wildman–Crippen MR) is 58.7 cm³/mol. The van der Waals surface area contributed by atoms with Crippen LogP contribution >= 0.6 is 0 Å². The molecule has 1 rings (SSSR count).